The lowest BCUT2D eigenvalue weighted by atomic mass is 10.1. The fourth-order valence-corrected chi connectivity index (χ4v) is 2.44. The zero-order chi connectivity index (χ0) is 12.8. The Morgan fingerprint density at radius 3 is 2.39 bits per heavy atom. The molecule has 1 heterocycles. The maximum atomic E-state index is 11.2. The van der Waals surface area contributed by atoms with E-state index in [-0.39, 0.29) is 5.91 Å². The number of rotatable bonds is 4. The summed E-state index contributed by atoms with van der Waals surface area (Å²) in [6.07, 6.45) is 2.35. The molecule has 98 valence electrons. The number of nitrogens with zero attached hydrogens (tertiary/aromatic N) is 2. The number of hydrogen-bond donors (Lipinski definition) is 0. The smallest absolute Gasteiger partial charge is 0.219 e. The summed E-state index contributed by atoms with van der Waals surface area (Å²) in [5, 5.41) is 0. The summed E-state index contributed by atoms with van der Waals surface area (Å²) in [4.78, 5) is 15.6. The van der Waals surface area contributed by atoms with Crippen LogP contribution in [0.1, 0.15) is 18.9 Å². The first kappa shape index (κ1) is 13.1. The van der Waals surface area contributed by atoms with E-state index >= 15 is 0 Å². The third-order valence-corrected chi connectivity index (χ3v) is 3.60. The number of hydrogen-bond acceptors (Lipinski definition) is 2. The minimum absolute atomic E-state index is 0.207. The van der Waals surface area contributed by atoms with Crippen molar-refractivity contribution < 1.29 is 4.79 Å². The third-order valence-electron chi connectivity index (χ3n) is 3.60. The molecule has 0 atom stereocenters. The third kappa shape index (κ3) is 3.84. The van der Waals surface area contributed by atoms with Crippen molar-refractivity contribution in [3.8, 4) is 0 Å². The van der Waals surface area contributed by atoms with Gasteiger partial charge in [-0.15, -0.1) is 0 Å². The Morgan fingerprint density at radius 1 is 1.11 bits per heavy atom. The molecule has 3 nitrogen and oxygen atoms in total. The summed E-state index contributed by atoms with van der Waals surface area (Å²) in [7, 11) is 0. The predicted octanol–water partition coefficient (Wildman–Crippen LogP) is 1.78. The van der Waals surface area contributed by atoms with Crippen LogP contribution >= 0.6 is 0 Å². The van der Waals surface area contributed by atoms with Crippen LogP contribution < -0.4 is 0 Å². The summed E-state index contributed by atoms with van der Waals surface area (Å²) in [6, 6.07) is 10.6. The van der Waals surface area contributed by atoms with E-state index < -0.39 is 0 Å². The van der Waals surface area contributed by atoms with Crippen LogP contribution in [0.25, 0.3) is 0 Å². The number of carbonyl (C=O) groups excluding carboxylic acids is 1. The van der Waals surface area contributed by atoms with Gasteiger partial charge in [0.05, 0.1) is 0 Å². The first-order chi connectivity index (χ1) is 8.75. The standard InChI is InChI=1S/C15H22N2O/c1-14(18)17-12-10-16(11-13-17)9-5-8-15-6-3-2-4-7-15/h2-4,6-7H,5,8-13H2,1H3. The first-order valence-electron chi connectivity index (χ1n) is 6.77. The van der Waals surface area contributed by atoms with Gasteiger partial charge in [0.15, 0.2) is 0 Å². The van der Waals surface area contributed by atoms with Gasteiger partial charge in [-0.1, -0.05) is 30.3 Å². The van der Waals surface area contributed by atoms with Crippen LogP contribution in [-0.4, -0.2) is 48.4 Å². The Hall–Kier alpha value is -1.35. The summed E-state index contributed by atoms with van der Waals surface area (Å²) >= 11 is 0. The molecule has 1 saturated heterocycles. The van der Waals surface area contributed by atoms with Gasteiger partial charge in [0.25, 0.3) is 0 Å². The molecule has 1 aromatic rings. The molecule has 2 rings (SSSR count). The maximum absolute atomic E-state index is 11.2. The van der Waals surface area contributed by atoms with Gasteiger partial charge in [0, 0.05) is 33.1 Å². The number of aryl methyl sites for hydroxylation is 1. The highest BCUT2D eigenvalue weighted by molar-refractivity contribution is 5.73. The molecule has 1 aliphatic heterocycles. The maximum Gasteiger partial charge on any atom is 0.219 e. The van der Waals surface area contributed by atoms with Gasteiger partial charge in [0.1, 0.15) is 0 Å². The fourth-order valence-electron chi connectivity index (χ4n) is 2.44. The number of benzene rings is 1. The summed E-state index contributed by atoms with van der Waals surface area (Å²) in [5.41, 5.74) is 1.42. The summed E-state index contributed by atoms with van der Waals surface area (Å²) in [5.74, 6) is 0.207. The van der Waals surface area contributed by atoms with Crippen LogP contribution in [0.3, 0.4) is 0 Å². The molecule has 0 N–H and O–H groups in total. The van der Waals surface area contributed by atoms with E-state index in [1.54, 1.807) is 6.92 Å². The van der Waals surface area contributed by atoms with E-state index in [1.165, 1.54) is 12.0 Å². The second-order valence-electron chi connectivity index (χ2n) is 4.94. The Kier molecular flexibility index (Phi) is 4.76. The second-order valence-corrected chi connectivity index (χ2v) is 4.94. The lowest BCUT2D eigenvalue weighted by Crippen LogP contribution is -2.48. The van der Waals surface area contributed by atoms with Gasteiger partial charge >= 0.3 is 0 Å². The molecule has 1 fully saturated rings. The van der Waals surface area contributed by atoms with Gasteiger partial charge in [-0.25, -0.2) is 0 Å². The second kappa shape index (κ2) is 6.55. The van der Waals surface area contributed by atoms with Crippen molar-refractivity contribution in [1.29, 1.82) is 0 Å². The molecule has 0 radical (unpaired) electrons. The molecular formula is C15H22N2O. The highest BCUT2D eigenvalue weighted by Gasteiger charge is 2.17. The van der Waals surface area contributed by atoms with Crippen LogP contribution in [0, 0.1) is 0 Å². The molecular weight excluding hydrogens is 224 g/mol. The molecule has 1 amide bonds. The van der Waals surface area contributed by atoms with Crippen LogP contribution in [0.4, 0.5) is 0 Å². The molecule has 0 bridgehead atoms. The minimum atomic E-state index is 0.207. The fraction of sp³-hybridized carbons (Fsp3) is 0.533. The van der Waals surface area contributed by atoms with E-state index in [4.69, 9.17) is 0 Å². The van der Waals surface area contributed by atoms with Crippen molar-refractivity contribution in [2.45, 2.75) is 19.8 Å². The normalized spacial score (nSPS) is 16.8. The molecule has 18 heavy (non-hydrogen) atoms. The highest BCUT2D eigenvalue weighted by Crippen LogP contribution is 2.06. The lowest BCUT2D eigenvalue weighted by molar-refractivity contribution is -0.130. The van der Waals surface area contributed by atoms with Crippen molar-refractivity contribution in [3.63, 3.8) is 0 Å². The Bertz CT molecular complexity index is 369. The van der Waals surface area contributed by atoms with Crippen molar-refractivity contribution in [2.75, 3.05) is 32.7 Å². The summed E-state index contributed by atoms with van der Waals surface area (Å²) in [6.45, 7) is 6.62. The SMILES string of the molecule is CC(=O)N1CCN(CCCc2ccccc2)CC1. The molecule has 0 unspecified atom stereocenters. The Balaban J connectivity index is 1.65. The average molecular weight is 246 g/mol. The van der Waals surface area contributed by atoms with E-state index in [9.17, 15) is 4.79 Å². The van der Waals surface area contributed by atoms with E-state index in [0.29, 0.717) is 0 Å². The molecule has 0 aliphatic carbocycles. The zero-order valence-corrected chi connectivity index (χ0v) is 11.1. The van der Waals surface area contributed by atoms with Crippen molar-refractivity contribution in [2.24, 2.45) is 0 Å². The molecule has 0 saturated carbocycles. The van der Waals surface area contributed by atoms with Crippen LogP contribution in [0.15, 0.2) is 30.3 Å². The van der Waals surface area contributed by atoms with Crippen LogP contribution in [-0.2, 0) is 11.2 Å². The van der Waals surface area contributed by atoms with Crippen LogP contribution in [0.2, 0.25) is 0 Å². The van der Waals surface area contributed by atoms with E-state index in [1.807, 2.05) is 4.90 Å². The van der Waals surface area contributed by atoms with E-state index in [2.05, 4.69) is 35.2 Å². The van der Waals surface area contributed by atoms with Crippen molar-refractivity contribution in [3.05, 3.63) is 35.9 Å². The van der Waals surface area contributed by atoms with Gasteiger partial charge in [-0.3, -0.25) is 9.69 Å². The monoisotopic (exact) mass is 246 g/mol. The topological polar surface area (TPSA) is 23.6 Å². The Labute approximate surface area is 109 Å². The van der Waals surface area contributed by atoms with Gasteiger partial charge in [-0.2, -0.15) is 0 Å². The number of piperazine rings is 1. The minimum Gasteiger partial charge on any atom is -0.340 e. The van der Waals surface area contributed by atoms with Crippen molar-refractivity contribution >= 4 is 5.91 Å². The van der Waals surface area contributed by atoms with Gasteiger partial charge < -0.3 is 4.90 Å². The molecule has 3 heteroatoms. The van der Waals surface area contributed by atoms with Gasteiger partial charge in [-0.05, 0) is 24.9 Å². The molecule has 1 aliphatic rings. The average Bonchev–Trinajstić information content (AvgIpc) is 2.40. The van der Waals surface area contributed by atoms with Gasteiger partial charge in [0.2, 0.25) is 5.91 Å². The quantitative estimate of drug-likeness (QED) is 0.808. The molecule has 0 aromatic heterocycles. The highest BCUT2D eigenvalue weighted by atomic mass is 16.2. The molecule has 1 aromatic carbocycles. The van der Waals surface area contributed by atoms with Crippen molar-refractivity contribution in [1.82, 2.24) is 9.80 Å². The lowest BCUT2D eigenvalue weighted by Gasteiger charge is -2.34. The number of carbonyl (C=O) groups is 1. The zero-order valence-electron chi connectivity index (χ0n) is 11.1. The molecule has 0 spiro atoms. The van der Waals surface area contributed by atoms with Crippen LogP contribution in [0.5, 0.6) is 0 Å². The number of amides is 1. The summed E-state index contributed by atoms with van der Waals surface area (Å²) < 4.78 is 0. The van der Waals surface area contributed by atoms with E-state index in [0.717, 1.165) is 39.1 Å². The Morgan fingerprint density at radius 2 is 1.78 bits per heavy atom. The first-order valence-corrected chi connectivity index (χ1v) is 6.77. The predicted molar refractivity (Wildman–Crippen MR) is 73.5 cm³/mol. The largest absolute Gasteiger partial charge is 0.340 e.